The molecule has 1 atom stereocenters. The standard InChI is InChI=1S/C10H20N2O/c1-3-9-7-10(13)12(8-9)6-5-11-4-2/h9,11H,3-8H2,1-2H3. The largest absolute Gasteiger partial charge is 0.341 e. The molecule has 0 bridgehead atoms. The van der Waals surface area contributed by atoms with Gasteiger partial charge in [-0.2, -0.15) is 0 Å². The minimum Gasteiger partial charge on any atom is -0.341 e. The van der Waals surface area contributed by atoms with Gasteiger partial charge in [0.25, 0.3) is 0 Å². The van der Waals surface area contributed by atoms with Gasteiger partial charge in [-0.15, -0.1) is 0 Å². The lowest BCUT2D eigenvalue weighted by atomic mass is 10.1. The zero-order chi connectivity index (χ0) is 9.68. The third kappa shape index (κ3) is 2.99. The van der Waals surface area contributed by atoms with E-state index in [2.05, 4.69) is 19.2 Å². The third-order valence-corrected chi connectivity index (χ3v) is 2.68. The second-order valence-electron chi connectivity index (χ2n) is 3.67. The molecule has 0 radical (unpaired) electrons. The lowest BCUT2D eigenvalue weighted by molar-refractivity contribution is -0.127. The van der Waals surface area contributed by atoms with Gasteiger partial charge in [0.05, 0.1) is 0 Å². The number of rotatable bonds is 5. The van der Waals surface area contributed by atoms with E-state index in [1.54, 1.807) is 0 Å². The minimum atomic E-state index is 0.338. The SMILES string of the molecule is CCNCCN1CC(CC)CC1=O. The van der Waals surface area contributed by atoms with Crippen LogP contribution in [0.15, 0.2) is 0 Å². The predicted octanol–water partition coefficient (Wildman–Crippen LogP) is 0.854. The monoisotopic (exact) mass is 184 g/mol. The zero-order valence-corrected chi connectivity index (χ0v) is 8.68. The van der Waals surface area contributed by atoms with Crippen LogP contribution in [0.3, 0.4) is 0 Å². The molecule has 1 unspecified atom stereocenters. The van der Waals surface area contributed by atoms with Crippen molar-refractivity contribution < 1.29 is 4.79 Å². The topological polar surface area (TPSA) is 32.3 Å². The summed E-state index contributed by atoms with van der Waals surface area (Å²) in [6.07, 6.45) is 1.89. The van der Waals surface area contributed by atoms with Gasteiger partial charge in [0.2, 0.25) is 5.91 Å². The molecule has 13 heavy (non-hydrogen) atoms. The maximum absolute atomic E-state index is 11.4. The van der Waals surface area contributed by atoms with Gasteiger partial charge in [0, 0.05) is 26.1 Å². The van der Waals surface area contributed by atoms with Crippen LogP contribution in [0.4, 0.5) is 0 Å². The highest BCUT2D eigenvalue weighted by Crippen LogP contribution is 2.19. The lowest BCUT2D eigenvalue weighted by Crippen LogP contribution is -2.33. The number of carbonyl (C=O) groups excluding carboxylic acids is 1. The van der Waals surface area contributed by atoms with Crippen molar-refractivity contribution in [2.75, 3.05) is 26.2 Å². The molecule has 1 heterocycles. The Balaban J connectivity index is 2.23. The molecule has 1 amide bonds. The molecule has 0 spiro atoms. The lowest BCUT2D eigenvalue weighted by Gasteiger charge is -2.16. The first kappa shape index (κ1) is 10.5. The van der Waals surface area contributed by atoms with Crippen LogP contribution in [-0.4, -0.2) is 37.0 Å². The Morgan fingerprint density at radius 2 is 2.31 bits per heavy atom. The maximum atomic E-state index is 11.4. The van der Waals surface area contributed by atoms with Crippen LogP contribution in [0.5, 0.6) is 0 Å². The van der Waals surface area contributed by atoms with Gasteiger partial charge < -0.3 is 10.2 Å². The molecule has 0 saturated carbocycles. The molecular weight excluding hydrogens is 164 g/mol. The third-order valence-electron chi connectivity index (χ3n) is 2.68. The van der Waals surface area contributed by atoms with Crippen molar-refractivity contribution in [1.82, 2.24) is 10.2 Å². The van der Waals surface area contributed by atoms with Gasteiger partial charge >= 0.3 is 0 Å². The summed E-state index contributed by atoms with van der Waals surface area (Å²) in [6, 6.07) is 0. The van der Waals surface area contributed by atoms with E-state index in [0.29, 0.717) is 11.8 Å². The van der Waals surface area contributed by atoms with E-state index in [9.17, 15) is 4.79 Å². The van der Waals surface area contributed by atoms with Crippen LogP contribution in [-0.2, 0) is 4.79 Å². The van der Waals surface area contributed by atoms with E-state index < -0.39 is 0 Å². The number of carbonyl (C=O) groups is 1. The van der Waals surface area contributed by atoms with Crippen molar-refractivity contribution in [3.05, 3.63) is 0 Å². The summed E-state index contributed by atoms with van der Waals surface area (Å²) in [5, 5.41) is 3.23. The summed E-state index contributed by atoms with van der Waals surface area (Å²) in [6.45, 7) is 8.01. The van der Waals surface area contributed by atoms with Crippen LogP contribution in [0.2, 0.25) is 0 Å². The molecule has 3 heteroatoms. The average Bonchev–Trinajstić information content (AvgIpc) is 2.48. The van der Waals surface area contributed by atoms with Gasteiger partial charge in [-0.1, -0.05) is 20.3 Å². The highest BCUT2D eigenvalue weighted by atomic mass is 16.2. The van der Waals surface area contributed by atoms with Crippen LogP contribution in [0, 0.1) is 5.92 Å². The maximum Gasteiger partial charge on any atom is 0.222 e. The number of likely N-dealkylation sites (N-methyl/N-ethyl adjacent to an activating group) is 1. The smallest absolute Gasteiger partial charge is 0.222 e. The second kappa shape index (κ2) is 5.22. The molecule has 1 fully saturated rings. The fourth-order valence-corrected chi connectivity index (χ4v) is 1.73. The number of likely N-dealkylation sites (tertiary alicyclic amines) is 1. The first-order valence-corrected chi connectivity index (χ1v) is 5.26. The van der Waals surface area contributed by atoms with E-state index >= 15 is 0 Å². The minimum absolute atomic E-state index is 0.338. The van der Waals surface area contributed by atoms with E-state index in [-0.39, 0.29) is 0 Å². The highest BCUT2D eigenvalue weighted by molar-refractivity contribution is 5.78. The number of hydrogen-bond acceptors (Lipinski definition) is 2. The molecule has 0 aromatic heterocycles. The summed E-state index contributed by atoms with van der Waals surface area (Å²) in [7, 11) is 0. The predicted molar refractivity (Wildman–Crippen MR) is 53.5 cm³/mol. The van der Waals surface area contributed by atoms with Gasteiger partial charge in [0.1, 0.15) is 0 Å². The Morgan fingerprint density at radius 1 is 1.54 bits per heavy atom. The fraction of sp³-hybridized carbons (Fsp3) is 0.900. The number of nitrogens with one attached hydrogen (secondary N) is 1. The van der Waals surface area contributed by atoms with Crippen LogP contribution >= 0.6 is 0 Å². The van der Waals surface area contributed by atoms with E-state index in [1.807, 2.05) is 4.90 Å². The van der Waals surface area contributed by atoms with E-state index in [1.165, 1.54) is 0 Å². The van der Waals surface area contributed by atoms with Gasteiger partial charge in [-0.25, -0.2) is 0 Å². The summed E-state index contributed by atoms with van der Waals surface area (Å²) in [5.74, 6) is 0.943. The molecule has 1 aliphatic rings. The quantitative estimate of drug-likeness (QED) is 0.643. The molecule has 1 saturated heterocycles. The molecule has 1 aliphatic heterocycles. The zero-order valence-electron chi connectivity index (χ0n) is 8.68. The Bertz CT molecular complexity index is 170. The molecule has 1 N–H and O–H groups in total. The first-order chi connectivity index (χ1) is 6.27. The summed E-state index contributed by atoms with van der Waals surface area (Å²) >= 11 is 0. The van der Waals surface area contributed by atoms with Crippen LogP contribution < -0.4 is 5.32 Å². The van der Waals surface area contributed by atoms with Crippen LogP contribution in [0.1, 0.15) is 26.7 Å². The molecule has 3 nitrogen and oxygen atoms in total. The molecule has 1 rings (SSSR count). The van der Waals surface area contributed by atoms with E-state index in [0.717, 1.165) is 39.0 Å². The second-order valence-corrected chi connectivity index (χ2v) is 3.67. The Kier molecular flexibility index (Phi) is 4.22. The summed E-state index contributed by atoms with van der Waals surface area (Å²) in [4.78, 5) is 13.4. The van der Waals surface area contributed by atoms with Gasteiger partial charge in [-0.3, -0.25) is 4.79 Å². The van der Waals surface area contributed by atoms with Gasteiger partial charge in [-0.05, 0) is 12.5 Å². The normalized spacial score (nSPS) is 22.8. The van der Waals surface area contributed by atoms with Crippen molar-refractivity contribution in [3.8, 4) is 0 Å². The highest BCUT2D eigenvalue weighted by Gasteiger charge is 2.27. The van der Waals surface area contributed by atoms with Crippen molar-refractivity contribution in [2.24, 2.45) is 5.92 Å². The Morgan fingerprint density at radius 3 is 2.85 bits per heavy atom. The van der Waals surface area contributed by atoms with Crippen LogP contribution in [0.25, 0.3) is 0 Å². The number of nitrogens with zero attached hydrogens (tertiary/aromatic N) is 1. The summed E-state index contributed by atoms with van der Waals surface area (Å²) < 4.78 is 0. The van der Waals surface area contributed by atoms with Crippen molar-refractivity contribution in [3.63, 3.8) is 0 Å². The molecule has 76 valence electrons. The van der Waals surface area contributed by atoms with Gasteiger partial charge in [0.15, 0.2) is 0 Å². The molecular formula is C10H20N2O. The average molecular weight is 184 g/mol. The molecule has 0 aromatic carbocycles. The summed E-state index contributed by atoms with van der Waals surface area (Å²) in [5.41, 5.74) is 0. The number of hydrogen-bond donors (Lipinski definition) is 1. The first-order valence-electron chi connectivity index (χ1n) is 5.26. The van der Waals surface area contributed by atoms with Crippen molar-refractivity contribution in [2.45, 2.75) is 26.7 Å². The Hall–Kier alpha value is -0.570. The molecule has 0 aliphatic carbocycles. The van der Waals surface area contributed by atoms with Crippen molar-refractivity contribution >= 4 is 5.91 Å². The molecule has 0 aromatic rings. The Labute approximate surface area is 80.5 Å². The fourth-order valence-electron chi connectivity index (χ4n) is 1.73. The number of amides is 1. The van der Waals surface area contributed by atoms with Crippen molar-refractivity contribution in [1.29, 1.82) is 0 Å². The van der Waals surface area contributed by atoms with E-state index in [4.69, 9.17) is 0 Å².